The van der Waals surface area contributed by atoms with Gasteiger partial charge in [0.2, 0.25) is 0 Å². The van der Waals surface area contributed by atoms with E-state index in [2.05, 4.69) is 39.9 Å². The van der Waals surface area contributed by atoms with E-state index in [4.69, 9.17) is 9.47 Å². The van der Waals surface area contributed by atoms with E-state index in [-0.39, 0.29) is 17.0 Å². The maximum Gasteiger partial charge on any atom is 0.306 e. The number of ether oxygens (including phenoxy) is 2. The van der Waals surface area contributed by atoms with Gasteiger partial charge in [-0.3, -0.25) is 4.79 Å². The Balaban J connectivity index is 4.12. The van der Waals surface area contributed by atoms with Crippen LogP contribution < -0.4 is 5.32 Å². The fraction of sp³-hybridized carbons (Fsp3) is 0.950. The summed E-state index contributed by atoms with van der Waals surface area (Å²) in [4.78, 5) is 11.9. The zero-order valence-electron chi connectivity index (χ0n) is 17.5. The van der Waals surface area contributed by atoms with Crippen LogP contribution in [0.4, 0.5) is 0 Å². The molecular weight excluding hydrogens is 302 g/mol. The van der Waals surface area contributed by atoms with Gasteiger partial charge >= 0.3 is 5.97 Å². The van der Waals surface area contributed by atoms with E-state index in [1.807, 2.05) is 27.8 Å². The molecule has 0 spiro atoms. The fourth-order valence-electron chi connectivity index (χ4n) is 2.34. The molecule has 4 heteroatoms. The number of esters is 1. The zero-order chi connectivity index (χ0) is 19.0. The first kappa shape index (κ1) is 23.4. The molecule has 0 amide bonds. The maximum atomic E-state index is 11.9. The molecule has 1 N–H and O–H groups in total. The van der Waals surface area contributed by atoms with Gasteiger partial charge in [0, 0.05) is 19.1 Å². The first-order chi connectivity index (χ1) is 10.8. The molecule has 0 heterocycles. The minimum atomic E-state index is -0.404. The van der Waals surface area contributed by atoms with Crippen molar-refractivity contribution in [2.45, 2.75) is 105 Å². The predicted octanol–water partition coefficient (Wildman–Crippen LogP) is 4.71. The van der Waals surface area contributed by atoms with E-state index < -0.39 is 5.60 Å². The minimum Gasteiger partial charge on any atom is -0.460 e. The molecule has 0 aliphatic rings. The highest BCUT2D eigenvalue weighted by atomic mass is 16.6. The summed E-state index contributed by atoms with van der Waals surface area (Å²) in [5, 5.41) is 3.26. The summed E-state index contributed by atoms with van der Waals surface area (Å²) in [7, 11) is 1.99. The van der Waals surface area contributed by atoms with E-state index in [1.165, 1.54) is 0 Å². The van der Waals surface area contributed by atoms with E-state index >= 15 is 0 Å². The molecule has 0 aromatic rings. The third-order valence-electron chi connectivity index (χ3n) is 4.37. The number of carbonyl (C=O) groups excluding carboxylic acids is 1. The molecule has 24 heavy (non-hydrogen) atoms. The lowest BCUT2D eigenvalue weighted by Gasteiger charge is -2.30. The topological polar surface area (TPSA) is 47.6 Å². The zero-order valence-corrected chi connectivity index (χ0v) is 17.5. The van der Waals surface area contributed by atoms with Crippen molar-refractivity contribution in [3.05, 3.63) is 0 Å². The molecule has 0 aliphatic heterocycles. The summed E-state index contributed by atoms with van der Waals surface area (Å²) in [6, 6.07) is 0.512. The second-order valence-corrected chi connectivity index (χ2v) is 9.34. The number of carbonyl (C=O) groups is 1. The van der Waals surface area contributed by atoms with Gasteiger partial charge < -0.3 is 14.8 Å². The number of hydrogen-bond acceptors (Lipinski definition) is 4. The average Bonchev–Trinajstić information content (AvgIpc) is 2.40. The Labute approximate surface area is 150 Å². The van der Waals surface area contributed by atoms with Crippen LogP contribution in [0.2, 0.25) is 0 Å². The van der Waals surface area contributed by atoms with Crippen LogP contribution in [-0.2, 0) is 14.3 Å². The molecular formula is C20H41NO3. The Kier molecular flexibility index (Phi) is 9.52. The summed E-state index contributed by atoms with van der Waals surface area (Å²) < 4.78 is 11.5. The second kappa shape index (κ2) is 9.76. The van der Waals surface area contributed by atoms with Crippen molar-refractivity contribution in [1.29, 1.82) is 0 Å². The van der Waals surface area contributed by atoms with Crippen molar-refractivity contribution >= 4 is 5.97 Å². The van der Waals surface area contributed by atoms with Crippen LogP contribution in [0.25, 0.3) is 0 Å². The first-order valence-corrected chi connectivity index (χ1v) is 9.29. The Morgan fingerprint density at radius 3 is 2.08 bits per heavy atom. The summed E-state index contributed by atoms with van der Waals surface area (Å²) in [6.07, 6.45) is 4.37. The van der Waals surface area contributed by atoms with E-state index in [0.29, 0.717) is 12.5 Å². The highest BCUT2D eigenvalue weighted by Crippen LogP contribution is 2.29. The molecule has 0 aromatic carbocycles. The van der Waals surface area contributed by atoms with Crippen molar-refractivity contribution in [2.24, 2.45) is 5.41 Å². The lowest BCUT2D eigenvalue weighted by atomic mass is 9.84. The largest absolute Gasteiger partial charge is 0.460 e. The first-order valence-electron chi connectivity index (χ1n) is 9.29. The highest BCUT2D eigenvalue weighted by Gasteiger charge is 2.24. The third-order valence-corrected chi connectivity index (χ3v) is 4.37. The van der Waals surface area contributed by atoms with Crippen LogP contribution in [0.1, 0.15) is 87.5 Å². The number of hydrogen-bond donors (Lipinski definition) is 1. The van der Waals surface area contributed by atoms with Crippen molar-refractivity contribution in [2.75, 3.05) is 13.7 Å². The van der Waals surface area contributed by atoms with Gasteiger partial charge in [-0.1, -0.05) is 13.8 Å². The van der Waals surface area contributed by atoms with Gasteiger partial charge in [-0.15, -0.1) is 0 Å². The molecule has 0 aliphatic carbocycles. The molecule has 0 bridgehead atoms. The van der Waals surface area contributed by atoms with E-state index in [9.17, 15) is 4.79 Å². The summed E-state index contributed by atoms with van der Waals surface area (Å²) in [5.41, 5.74) is -0.434. The quantitative estimate of drug-likeness (QED) is 0.552. The SMILES string of the molecule is CNC(C)CCC(C)(C)OCCC(C)(C)CCC(=O)OC(C)(C)C. The molecule has 0 rings (SSSR count). The number of rotatable bonds is 11. The Bertz CT molecular complexity index is 370. The third kappa shape index (κ3) is 12.8. The van der Waals surface area contributed by atoms with Crippen LogP contribution in [0.15, 0.2) is 0 Å². The number of nitrogens with one attached hydrogen (secondary N) is 1. The molecule has 1 atom stereocenters. The predicted molar refractivity (Wildman–Crippen MR) is 101 cm³/mol. The average molecular weight is 344 g/mol. The van der Waals surface area contributed by atoms with Crippen LogP contribution in [0.5, 0.6) is 0 Å². The van der Waals surface area contributed by atoms with Crippen LogP contribution >= 0.6 is 0 Å². The van der Waals surface area contributed by atoms with Gasteiger partial charge in [0.15, 0.2) is 0 Å². The van der Waals surface area contributed by atoms with Gasteiger partial charge in [-0.2, -0.15) is 0 Å². The van der Waals surface area contributed by atoms with Crippen molar-refractivity contribution < 1.29 is 14.3 Å². The molecule has 1 unspecified atom stereocenters. The second-order valence-electron chi connectivity index (χ2n) is 9.34. The van der Waals surface area contributed by atoms with Gasteiger partial charge in [-0.05, 0) is 79.7 Å². The van der Waals surface area contributed by atoms with Crippen LogP contribution in [0, 0.1) is 5.41 Å². The molecule has 4 nitrogen and oxygen atoms in total. The van der Waals surface area contributed by atoms with Crippen molar-refractivity contribution in [3.8, 4) is 0 Å². The van der Waals surface area contributed by atoms with Gasteiger partial charge in [-0.25, -0.2) is 0 Å². The van der Waals surface area contributed by atoms with Gasteiger partial charge in [0.25, 0.3) is 0 Å². The van der Waals surface area contributed by atoms with E-state index in [0.717, 1.165) is 32.3 Å². The minimum absolute atomic E-state index is 0.0747. The van der Waals surface area contributed by atoms with Crippen molar-refractivity contribution in [3.63, 3.8) is 0 Å². The molecule has 144 valence electrons. The summed E-state index contributed by atoms with van der Waals surface area (Å²) in [5.74, 6) is -0.113. The molecule has 0 aromatic heterocycles. The Morgan fingerprint density at radius 1 is 1.00 bits per heavy atom. The van der Waals surface area contributed by atoms with Crippen molar-refractivity contribution in [1.82, 2.24) is 5.32 Å². The fourth-order valence-corrected chi connectivity index (χ4v) is 2.34. The van der Waals surface area contributed by atoms with Crippen LogP contribution in [0.3, 0.4) is 0 Å². The Hall–Kier alpha value is -0.610. The van der Waals surface area contributed by atoms with Crippen LogP contribution in [-0.4, -0.2) is 36.9 Å². The van der Waals surface area contributed by atoms with E-state index in [1.54, 1.807) is 0 Å². The standard InChI is InChI=1S/C20H41NO3/c1-16(21-9)10-13-20(7,8)23-15-14-19(5,6)12-11-17(22)24-18(2,3)4/h16,21H,10-15H2,1-9H3. The van der Waals surface area contributed by atoms with Gasteiger partial charge in [0.1, 0.15) is 5.60 Å². The van der Waals surface area contributed by atoms with Gasteiger partial charge in [0.05, 0.1) is 5.60 Å². The highest BCUT2D eigenvalue weighted by molar-refractivity contribution is 5.69. The summed E-state index contributed by atoms with van der Waals surface area (Å²) >= 11 is 0. The normalized spacial score (nSPS) is 14.5. The smallest absolute Gasteiger partial charge is 0.306 e. The lowest BCUT2D eigenvalue weighted by molar-refractivity contribution is -0.155. The summed E-state index contributed by atoms with van der Waals surface area (Å²) in [6.45, 7) is 17.3. The lowest BCUT2D eigenvalue weighted by Crippen LogP contribution is -2.30. The molecule has 0 radical (unpaired) electrons. The molecule has 0 saturated heterocycles. The maximum absolute atomic E-state index is 11.9. The Morgan fingerprint density at radius 2 is 1.58 bits per heavy atom. The molecule has 0 saturated carbocycles. The monoisotopic (exact) mass is 343 g/mol. The molecule has 0 fully saturated rings.